The largest absolute Gasteiger partial charge is 0.461 e. The first-order valence-corrected chi connectivity index (χ1v) is 15.7. The minimum Gasteiger partial charge on any atom is -0.461 e. The van der Waals surface area contributed by atoms with Crippen molar-refractivity contribution in [3.05, 3.63) is 66.1 Å². The summed E-state index contributed by atoms with van der Waals surface area (Å²) in [6, 6.07) is 11.1. The van der Waals surface area contributed by atoms with Gasteiger partial charge in [-0.05, 0) is 63.7 Å². The van der Waals surface area contributed by atoms with Crippen molar-refractivity contribution < 1.29 is 13.9 Å². The first-order valence-electron chi connectivity index (χ1n) is 15.3. The minimum absolute atomic E-state index is 0.104. The fraction of sp³-hybridized carbons (Fsp3) is 0.412. The van der Waals surface area contributed by atoms with E-state index in [2.05, 4.69) is 40.7 Å². The van der Waals surface area contributed by atoms with Gasteiger partial charge in [-0.25, -0.2) is 4.39 Å². The van der Waals surface area contributed by atoms with Gasteiger partial charge in [0.2, 0.25) is 5.91 Å². The summed E-state index contributed by atoms with van der Waals surface area (Å²) < 4.78 is 23.0. The van der Waals surface area contributed by atoms with E-state index in [0.717, 1.165) is 43.0 Å². The van der Waals surface area contributed by atoms with Gasteiger partial charge in [0.1, 0.15) is 23.6 Å². The standard InChI is InChI=1S/C34H38ClFN6O2/c1-5-15-34(16-9-17-41(34)4)20-44-33-39-31-24(32(40-33)38-26-14-18-42(21(26)3)27(43)6-2)19-37-30(29(31)36)23-12-7-10-22-11-8-13-25(35)28(22)23/h6-8,10-13,19,21,26H,2,5,9,14-18,20H2,1,3-4H3,(H,38,39,40). The van der Waals surface area contributed by atoms with E-state index in [1.54, 1.807) is 17.2 Å². The number of halogens is 2. The van der Waals surface area contributed by atoms with E-state index in [9.17, 15) is 4.79 Å². The summed E-state index contributed by atoms with van der Waals surface area (Å²) in [6.45, 7) is 9.79. The second kappa shape index (κ2) is 12.3. The summed E-state index contributed by atoms with van der Waals surface area (Å²) in [5.74, 6) is -0.270. The van der Waals surface area contributed by atoms with Crippen LogP contribution < -0.4 is 10.1 Å². The van der Waals surface area contributed by atoms with E-state index in [1.807, 2.05) is 37.3 Å². The zero-order chi connectivity index (χ0) is 31.0. The maximum absolute atomic E-state index is 16.6. The number of fused-ring (bicyclic) bond motifs is 2. The van der Waals surface area contributed by atoms with Crippen molar-refractivity contribution >= 4 is 45.0 Å². The number of carbonyl (C=O) groups excluding carboxylic acids is 1. The van der Waals surface area contributed by atoms with E-state index < -0.39 is 5.82 Å². The number of nitrogens with zero attached hydrogens (tertiary/aromatic N) is 5. The number of benzene rings is 2. The third-order valence-corrected chi connectivity index (χ3v) is 9.75. The van der Waals surface area contributed by atoms with Crippen molar-refractivity contribution in [2.45, 2.75) is 63.6 Å². The quantitative estimate of drug-likeness (QED) is 0.206. The van der Waals surface area contributed by atoms with Crippen LogP contribution in [-0.2, 0) is 4.79 Å². The van der Waals surface area contributed by atoms with Crippen molar-refractivity contribution in [1.29, 1.82) is 0 Å². The lowest BCUT2D eigenvalue weighted by Gasteiger charge is -2.35. The first-order chi connectivity index (χ1) is 21.3. The van der Waals surface area contributed by atoms with E-state index in [4.69, 9.17) is 21.3 Å². The topological polar surface area (TPSA) is 83.5 Å². The fourth-order valence-electron chi connectivity index (χ4n) is 6.94. The molecule has 2 fully saturated rings. The Balaban J connectivity index is 1.44. The van der Waals surface area contributed by atoms with E-state index in [1.165, 1.54) is 6.08 Å². The fourth-order valence-corrected chi connectivity index (χ4v) is 7.22. The number of likely N-dealkylation sites (N-methyl/N-ethyl adjacent to an activating group) is 1. The van der Waals surface area contributed by atoms with Gasteiger partial charge < -0.3 is 15.0 Å². The predicted octanol–water partition coefficient (Wildman–Crippen LogP) is 6.87. The maximum atomic E-state index is 16.6. The number of aromatic nitrogens is 3. The molecule has 0 aliphatic carbocycles. The molecule has 2 aliphatic rings. The Morgan fingerprint density at radius 2 is 2.05 bits per heavy atom. The Labute approximate surface area is 262 Å². The molecule has 2 aromatic carbocycles. The van der Waals surface area contributed by atoms with Crippen molar-refractivity contribution in [3.63, 3.8) is 0 Å². The van der Waals surface area contributed by atoms with Crippen LogP contribution in [0.5, 0.6) is 6.01 Å². The highest BCUT2D eigenvalue weighted by molar-refractivity contribution is 6.36. The molecular formula is C34H38ClFN6O2. The van der Waals surface area contributed by atoms with Crippen LogP contribution in [0.1, 0.15) is 46.0 Å². The molecule has 1 amide bonds. The number of amides is 1. The highest BCUT2D eigenvalue weighted by Gasteiger charge is 2.39. The second-order valence-electron chi connectivity index (χ2n) is 12.0. The summed E-state index contributed by atoms with van der Waals surface area (Å²) in [7, 11) is 2.13. The lowest BCUT2D eigenvalue weighted by molar-refractivity contribution is -0.126. The molecule has 6 rings (SSSR count). The third-order valence-electron chi connectivity index (χ3n) is 9.44. The molecule has 230 valence electrons. The number of hydrogen-bond acceptors (Lipinski definition) is 7. The number of pyridine rings is 1. The zero-order valence-electron chi connectivity index (χ0n) is 25.4. The SMILES string of the molecule is C=CC(=O)N1CCC(Nc2nc(OCC3(CCC)CCCN3C)nc3c(F)c(-c4cccc5cccc(Cl)c45)ncc23)C1C. The Hall–Kier alpha value is -3.82. The summed E-state index contributed by atoms with van der Waals surface area (Å²) in [4.78, 5) is 30.5. The Morgan fingerprint density at radius 3 is 2.77 bits per heavy atom. The van der Waals surface area contributed by atoms with Crippen LogP contribution in [0.3, 0.4) is 0 Å². The molecule has 0 saturated carbocycles. The van der Waals surface area contributed by atoms with Gasteiger partial charge in [0.25, 0.3) is 0 Å². The number of rotatable bonds is 9. The lowest BCUT2D eigenvalue weighted by atomic mass is 9.92. The van der Waals surface area contributed by atoms with Crippen molar-refractivity contribution in [1.82, 2.24) is 24.8 Å². The van der Waals surface area contributed by atoms with Crippen LogP contribution in [0.25, 0.3) is 32.9 Å². The van der Waals surface area contributed by atoms with Gasteiger partial charge in [0, 0.05) is 40.8 Å². The van der Waals surface area contributed by atoms with Crippen molar-refractivity contribution in [2.75, 3.05) is 32.1 Å². The summed E-state index contributed by atoms with van der Waals surface area (Å²) >= 11 is 6.60. The molecule has 2 aliphatic heterocycles. The van der Waals surface area contributed by atoms with Crippen LogP contribution >= 0.6 is 11.6 Å². The van der Waals surface area contributed by atoms with Crippen molar-refractivity contribution in [2.24, 2.45) is 0 Å². The van der Waals surface area contributed by atoms with Gasteiger partial charge in [-0.2, -0.15) is 9.97 Å². The Bertz CT molecular complexity index is 1730. The highest BCUT2D eigenvalue weighted by Crippen LogP contribution is 2.38. The molecule has 1 N–H and O–H groups in total. The van der Waals surface area contributed by atoms with Gasteiger partial charge in [-0.15, -0.1) is 0 Å². The molecule has 2 aromatic heterocycles. The van der Waals surface area contributed by atoms with Crippen LogP contribution in [-0.4, -0.2) is 75.0 Å². The van der Waals surface area contributed by atoms with Gasteiger partial charge in [-0.1, -0.05) is 61.9 Å². The van der Waals surface area contributed by atoms with Crippen LogP contribution in [0, 0.1) is 5.82 Å². The number of carbonyl (C=O) groups is 1. The van der Waals surface area contributed by atoms with Gasteiger partial charge in [-0.3, -0.25) is 14.7 Å². The van der Waals surface area contributed by atoms with Crippen LogP contribution in [0.4, 0.5) is 10.2 Å². The Morgan fingerprint density at radius 1 is 1.25 bits per heavy atom. The first kappa shape index (κ1) is 30.2. The molecule has 4 aromatic rings. The average molecular weight is 617 g/mol. The summed E-state index contributed by atoms with van der Waals surface area (Å²) in [5, 5.41) is 6.05. The molecule has 3 atom stereocenters. The number of ether oxygens (including phenoxy) is 1. The molecule has 0 spiro atoms. The monoisotopic (exact) mass is 616 g/mol. The normalized spacial score (nSPS) is 22.2. The van der Waals surface area contributed by atoms with E-state index >= 15 is 4.39 Å². The molecule has 3 unspecified atom stereocenters. The number of hydrogen-bond donors (Lipinski definition) is 1. The van der Waals surface area contributed by atoms with Crippen LogP contribution in [0.2, 0.25) is 5.02 Å². The van der Waals surface area contributed by atoms with Gasteiger partial charge in [0.15, 0.2) is 5.82 Å². The maximum Gasteiger partial charge on any atom is 0.319 e. The number of likely N-dealkylation sites (tertiary alicyclic amines) is 2. The van der Waals surface area contributed by atoms with Crippen molar-refractivity contribution in [3.8, 4) is 17.3 Å². The zero-order valence-corrected chi connectivity index (χ0v) is 26.2. The van der Waals surface area contributed by atoms with Crippen LogP contribution in [0.15, 0.2) is 55.3 Å². The highest BCUT2D eigenvalue weighted by atomic mass is 35.5. The smallest absolute Gasteiger partial charge is 0.319 e. The van der Waals surface area contributed by atoms with E-state index in [0.29, 0.717) is 41.4 Å². The Kier molecular flexibility index (Phi) is 8.44. The molecule has 4 heterocycles. The van der Waals surface area contributed by atoms with E-state index in [-0.39, 0.29) is 40.8 Å². The number of nitrogens with one attached hydrogen (secondary N) is 1. The van der Waals surface area contributed by atoms with Gasteiger partial charge >= 0.3 is 6.01 Å². The number of anilines is 1. The molecule has 2 saturated heterocycles. The molecule has 10 heteroatoms. The molecule has 0 bridgehead atoms. The average Bonchev–Trinajstić information content (AvgIpc) is 3.57. The molecular weight excluding hydrogens is 579 g/mol. The molecule has 8 nitrogen and oxygen atoms in total. The predicted molar refractivity (Wildman–Crippen MR) is 174 cm³/mol. The second-order valence-corrected chi connectivity index (χ2v) is 12.4. The lowest BCUT2D eigenvalue weighted by Crippen LogP contribution is -2.46. The summed E-state index contributed by atoms with van der Waals surface area (Å²) in [5.41, 5.74) is 0.733. The minimum atomic E-state index is -0.575. The molecule has 0 radical (unpaired) electrons. The van der Waals surface area contributed by atoms with Gasteiger partial charge in [0.05, 0.1) is 10.9 Å². The third kappa shape index (κ3) is 5.37. The summed E-state index contributed by atoms with van der Waals surface area (Å²) in [6.07, 6.45) is 7.77. The molecule has 44 heavy (non-hydrogen) atoms.